The van der Waals surface area contributed by atoms with Crippen LogP contribution in [-0.2, 0) is 6.54 Å². The molecule has 1 aromatic rings. The highest BCUT2D eigenvalue weighted by atomic mass is 15.3. The van der Waals surface area contributed by atoms with Crippen LogP contribution < -0.4 is 10.2 Å². The fraction of sp³-hybridized carbons (Fsp3) is 0.769. The van der Waals surface area contributed by atoms with E-state index < -0.39 is 0 Å². The Morgan fingerprint density at radius 3 is 3.12 bits per heavy atom. The molecule has 2 atom stereocenters. The predicted octanol–water partition coefficient (Wildman–Crippen LogP) is 1.40. The second-order valence-corrected chi connectivity index (χ2v) is 5.34. The topological polar surface area (TPSA) is 33.1 Å². The van der Waals surface area contributed by atoms with Crippen LogP contribution in [-0.4, -0.2) is 35.2 Å². The lowest BCUT2D eigenvalue weighted by molar-refractivity contribution is 0.340. The van der Waals surface area contributed by atoms with Crippen molar-refractivity contribution in [3.63, 3.8) is 0 Å². The van der Waals surface area contributed by atoms with Crippen LogP contribution in [0, 0.1) is 12.8 Å². The number of hydrogen-bond acceptors (Lipinski definition) is 3. The van der Waals surface area contributed by atoms with E-state index in [0.717, 1.165) is 24.7 Å². The van der Waals surface area contributed by atoms with Crippen molar-refractivity contribution in [2.45, 2.75) is 39.3 Å². The van der Waals surface area contributed by atoms with E-state index >= 15 is 0 Å². The van der Waals surface area contributed by atoms with Gasteiger partial charge in [-0.2, -0.15) is 0 Å². The van der Waals surface area contributed by atoms with Crippen LogP contribution >= 0.6 is 0 Å². The Morgan fingerprint density at radius 1 is 1.47 bits per heavy atom. The first-order valence-corrected chi connectivity index (χ1v) is 6.80. The lowest BCUT2D eigenvalue weighted by atomic mass is 9.94. The monoisotopic (exact) mass is 234 g/mol. The Labute approximate surface area is 103 Å². The smallest absolute Gasteiger partial charge is 0.205 e. The third-order valence-electron chi connectivity index (χ3n) is 4.10. The Balaban J connectivity index is 1.80. The fourth-order valence-electron chi connectivity index (χ4n) is 3.23. The molecular weight excluding hydrogens is 212 g/mol. The highest BCUT2D eigenvalue weighted by Crippen LogP contribution is 2.28. The van der Waals surface area contributed by atoms with E-state index in [9.17, 15) is 0 Å². The number of hydrogen-bond donors (Lipinski definition) is 1. The van der Waals surface area contributed by atoms with Crippen LogP contribution in [0.2, 0.25) is 0 Å². The highest BCUT2D eigenvalue weighted by molar-refractivity contribution is 5.36. The molecule has 2 aliphatic heterocycles. The molecule has 17 heavy (non-hydrogen) atoms. The van der Waals surface area contributed by atoms with Crippen LogP contribution in [0.1, 0.15) is 25.5 Å². The van der Waals surface area contributed by atoms with Gasteiger partial charge >= 0.3 is 0 Å². The second-order valence-electron chi connectivity index (χ2n) is 5.34. The first kappa shape index (κ1) is 11.1. The van der Waals surface area contributed by atoms with Crippen molar-refractivity contribution in [3.05, 3.63) is 11.9 Å². The van der Waals surface area contributed by atoms with E-state index in [1.54, 1.807) is 0 Å². The van der Waals surface area contributed by atoms with Gasteiger partial charge in [0, 0.05) is 31.9 Å². The molecule has 2 unspecified atom stereocenters. The molecule has 94 valence electrons. The first-order valence-electron chi connectivity index (χ1n) is 6.80. The summed E-state index contributed by atoms with van der Waals surface area (Å²) >= 11 is 0. The molecule has 2 saturated heterocycles. The number of imidazole rings is 1. The number of fused-ring (bicyclic) bond motifs is 1. The summed E-state index contributed by atoms with van der Waals surface area (Å²) in [6.07, 6.45) is 4.86. The fourth-order valence-corrected chi connectivity index (χ4v) is 3.23. The van der Waals surface area contributed by atoms with Crippen LogP contribution in [0.4, 0.5) is 5.95 Å². The highest BCUT2D eigenvalue weighted by Gasteiger charge is 2.35. The quantitative estimate of drug-likeness (QED) is 0.839. The van der Waals surface area contributed by atoms with Crippen molar-refractivity contribution >= 4 is 5.95 Å². The summed E-state index contributed by atoms with van der Waals surface area (Å²) in [4.78, 5) is 7.14. The van der Waals surface area contributed by atoms with Crippen molar-refractivity contribution in [2.75, 3.05) is 24.5 Å². The molecule has 3 rings (SSSR count). The molecule has 2 fully saturated rings. The van der Waals surface area contributed by atoms with Gasteiger partial charge in [-0.1, -0.05) is 0 Å². The molecule has 4 heteroatoms. The predicted molar refractivity (Wildman–Crippen MR) is 69.4 cm³/mol. The van der Waals surface area contributed by atoms with Gasteiger partial charge in [-0.15, -0.1) is 0 Å². The minimum atomic E-state index is 0.686. The number of aryl methyl sites for hydroxylation is 2. The molecule has 0 aromatic carbocycles. The van der Waals surface area contributed by atoms with Crippen molar-refractivity contribution in [1.82, 2.24) is 14.9 Å². The first-order chi connectivity index (χ1) is 8.28. The van der Waals surface area contributed by atoms with Crippen molar-refractivity contribution in [2.24, 2.45) is 5.92 Å². The summed E-state index contributed by atoms with van der Waals surface area (Å²) in [6.45, 7) is 8.77. The van der Waals surface area contributed by atoms with E-state index in [4.69, 9.17) is 0 Å². The minimum absolute atomic E-state index is 0.686. The minimum Gasteiger partial charge on any atom is -0.340 e. The van der Waals surface area contributed by atoms with Gasteiger partial charge < -0.3 is 14.8 Å². The van der Waals surface area contributed by atoms with E-state index in [1.807, 2.05) is 0 Å². The molecule has 1 N–H and O–H groups in total. The van der Waals surface area contributed by atoms with E-state index in [2.05, 4.69) is 39.8 Å². The zero-order chi connectivity index (χ0) is 11.8. The molecule has 0 spiro atoms. The molecule has 3 heterocycles. The summed E-state index contributed by atoms with van der Waals surface area (Å²) in [5.41, 5.74) is 1.13. The lowest BCUT2D eigenvalue weighted by Gasteiger charge is -2.24. The van der Waals surface area contributed by atoms with Crippen molar-refractivity contribution in [1.29, 1.82) is 0 Å². The molecule has 0 aliphatic carbocycles. The lowest BCUT2D eigenvalue weighted by Crippen LogP contribution is -2.40. The van der Waals surface area contributed by atoms with Crippen LogP contribution in [0.25, 0.3) is 0 Å². The van der Waals surface area contributed by atoms with Gasteiger partial charge in [0.1, 0.15) is 0 Å². The Morgan fingerprint density at radius 2 is 2.35 bits per heavy atom. The number of rotatable bonds is 2. The molecule has 0 bridgehead atoms. The maximum absolute atomic E-state index is 4.68. The van der Waals surface area contributed by atoms with Gasteiger partial charge in [0.05, 0.1) is 5.69 Å². The molecule has 1 aromatic heterocycles. The van der Waals surface area contributed by atoms with E-state index in [-0.39, 0.29) is 0 Å². The number of piperidine rings is 1. The molecular formula is C13H22N4. The van der Waals surface area contributed by atoms with E-state index in [0.29, 0.717) is 6.04 Å². The zero-order valence-electron chi connectivity index (χ0n) is 10.8. The Kier molecular flexibility index (Phi) is 2.82. The van der Waals surface area contributed by atoms with Crippen LogP contribution in [0.3, 0.4) is 0 Å². The van der Waals surface area contributed by atoms with Crippen LogP contribution in [0.15, 0.2) is 6.20 Å². The summed E-state index contributed by atoms with van der Waals surface area (Å²) in [5, 5.41) is 3.65. The van der Waals surface area contributed by atoms with Crippen molar-refractivity contribution in [3.8, 4) is 0 Å². The summed E-state index contributed by atoms with van der Waals surface area (Å²) in [6, 6.07) is 0.686. The standard InChI is InChI=1S/C13H22N4/c1-3-16-7-10(2)15-13(16)17-8-11-5-4-6-14-12(11)9-17/h7,11-12,14H,3-6,8-9H2,1-2H3. The molecule has 0 amide bonds. The van der Waals surface area contributed by atoms with Gasteiger partial charge in [-0.25, -0.2) is 4.98 Å². The number of nitrogens with zero attached hydrogens (tertiary/aromatic N) is 3. The Hall–Kier alpha value is -1.03. The Bertz CT molecular complexity index is 384. The van der Waals surface area contributed by atoms with Gasteiger partial charge in [0.2, 0.25) is 5.95 Å². The average Bonchev–Trinajstić information content (AvgIpc) is 2.91. The molecule has 2 aliphatic rings. The number of aromatic nitrogens is 2. The second kappa shape index (κ2) is 4.33. The summed E-state index contributed by atoms with van der Waals surface area (Å²) < 4.78 is 2.27. The summed E-state index contributed by atoms with van der Waals surface area (Å²) in [7, 11) is 0. The van der Waals surface area contributed by atoms with E-state index in [1.165, 1.54) is 31.9 Å². The maximum atomic E-state index is 4.68. The van der Waals surface area contributed by atoms with Gasteiger partial charge in [-0.05, 0) is 39.2 Å². The molecule has 0 saturated carbocycles. The SMILES string of the molecule is CCn1cc(C)nc1N1CC2CCCNC2C1. The normalized spacial score (nSPS) is 28.5. The average molecular weight is 234 g/mol. The van der Waals surface area contributed by atoms with Gasteiger partial charge in [0.15, 0.2) is 0 Å². The zero-order valence-corrected chi connectivity index (χ0v) is 10.8. The van der Waals surface area contributed by atoms with Crippen molar-refractivity contribution < 1.29 is 0 Å². The number of anilines is 1. The summed E-state index contributed by atoms with van der Waals surface area (Å²) in [5.74, 6) is 1.99. The largest absolute Gasteiger partial charge is 0.340 e. The molecule has 0 radical (unpaired) electrons. The van der Waals surface area contributed by atoms with Gasteiger partial charge in [0.25, 0.3) is 0 Å². The van der Waals surface area contributed by atoms with Gasteiger partial charge in [-0.3, -0.25) is 0 Å². The number of nitrogens with one attached hydrogen (secondary N) is 1. The third-order valence-corrected chi connectivity index (χ3v) is 4.10. The van der Waals surface area contributed by atoms with Crippen LogP contribution in [0.5, 0.6) is 0 Å². The third kappa shape index (κ3) is 1.95. The maximum Gasteiger partial charge on any atom is 0.205 e. The molecule has 4 nitrogen and oxygen atoms in total.